The van der Waals surface area contributed by atoms with Crippen LogP contribution in [-0.2, 0) is 0 Å². The minimum Gasteiger partial charge on any atom is -0.395 e. The molecule has 1 aromatic rings. The second-order valence-corrected chi connectivity index (χ2v) is 5.82. The van der Waals surface area contributed by atoms with E-state index < -0.39 is 11.9 Å². The van der Waals surface area contributed by atoms with Gasteiger partial charge in [-0.3, -0.25) is 0 Å². The van der Waals surface area contributed by atoms with Gasteiger partial charge in [-0.15, -0.1) is 8.78 Å². The maximum Gasteiger partial charge on any atom is 0.586 e. The zero-order valence-corrected chi connectivity index (χ0v) is 11.7. The number of hydrogen-bond donors (Lipinski definition) is 2. The van der Waals surface area contributed by atoms with Crippen LogP contribution in [0.15, 0.2) is 18.2 Å². The lowest BCUT2D eigenvalue weighted by Gasteiger charge is -2.27. The van der Waals surface area contributed by atoms with Crippen molar-refractivity contribution in [1.82, 2.24) is 0 Å². The summed E-state index contributed by atoms with van der Waals surface area (Å²) in [6.07, 6.45) is 2.28. The minimum atomic E-state index is -3.60. The molecule has 1 aliphatic carbocycles. The third kappa shape index (κ3) is 3.37. The molecular formula is C15H19F2NO3. The molecule has 6 heteroatoms. The Labute approximate surface area is 122 Å². The van der Waals surface area contributed by atoms with Crippen LogP contribution in [0.3, 0.4) is 0 Å². The molecule has 4 nitrogen and oxygen atoms in total. The van der Waals surface area contributed by atoms with Crippen molar-refractivity contribution in [1.29, 1.82) is 0 Å². The standard InChI is InChI=1S/C15H19F2NO3/c16-15(17)20-12-6-5-11(9-13(12)21-15)18-10-14(19)7-3-1-2-4-8-14/h5-6,9,18-19H,1-4,7-8,10H2. The van der Waals surface area contributed by atoms with E-state index in [1.54, 1.807) is 6.07 Å². The number of aliphatic hydroxyl groups is 1. The highest BCUT2D eigenvalue weighted by atomic mass is 19.3. The van der Waals surface area contributed by atoms with Crippen LogP contribution in [0.25, 0.3) is 0 Å². The van der Waals surface area contributed by atoms with Gasteiger partial charge in [0.25, 0.3) is 0 Å². The van der Waals surface area contributed by atoms with Crippen molar-refractivity contribution in [3.05, 3.63) is 18.2 Å². The molecule has 1 fully saturated rings. The average Bonchev–Trinajstić information content (AvgIpc) is 2.57. The topological polar surface area (TPSA) is 50.7 Å². The largest absolute Gasteiger partial charge is 0.586 e. The summed E-state index contributed by atoms with van der Waals surface area (Å²) in [7, 11) is 0. The van der Waals surface area contributed by atoms with E-state index >= 15 is 0 Å². The number of rotatable bonds is 3. The second kappa shape index (κ2) is 5.33. The van der Waals surface area contributed by atoms with Crippen molar-refractivity contribution >= 4 is 5.69 Å². The van der Waals surface area contributed by atoms with E-state index in [9.17, 15) is 13.9 Å². The average molecular weight is 299 g/mol. The van der Waals surface area contributed by atoms with Crippen LogP contribution < -0.4 is 14.8 Å². The summed E-state index contributed by atoms with van der Waals surface area (Å²) < 4.78 is 34.7. The Morgan fingerprint density at radius 3 is 2.43 bits per heavy atom. The van der Waals surface area contributed by atoms with Gasteiger partial charge < -0.3 is 19.9 Å². The van der Waals surface area contributed by atoms with Crippen LogP contribution in [0.2, 0.25) is 0 Å². The highest BCUT2D eigenvalue weighted by Gasteiger charge is 2.43. The predicted octanol–water partition coefficient (Wildman–Crippen LogP) is 3.51. The highest BCUT2D eigenvalue weighted by Crippen LogP contribution is 2.42. The molecule has 1 aromatic carbocycles. The first kappa shape index (κ1) is 14.4. The minimum absolute atomic E-state index is 0.0119. The molecule has 0 radical (unpaired) electrons. The molecule has 1 aliphatic heterocycles. The molecular weight excluding hydrogens is 280 g/mol. The summed E-state index contributed by atoms with van der Waals surface area (Å²) in [6.45, 7) is 0.406. The Balaban J connectivity index is 1.64. The van der Waals surface area contributed by atoms with Gasteiger partial charge in [0.05, 0.1) is 5.60 Å². The van der Waals surface area contributed by atoms with Gasteiger partial charge in [-0.2, -0.15) is 0 Å². The smallest absolute Gasteiger partial charge is 0.395 e. The SMILES string of the molecule is OC1(CNc2ccc3c(c2)OC(F)(F)O3)CCCCCC1. The second-order valence-electron chi connectivity index (χ2n) is 5.82. The molecule has 2 aliphatic rings. The number of anilines is 1. The van der Waals surface area contributed by atoms with Gasteiger partial charge >= 0.3 is 6.29 Å². The van der Waals surface area contributed by atoms with E-state index in [2.05, 4.69) is 14.8 Å². The molecule has 0 bridgehead atoms. The monoisotopic (exact) mass is 299 g/mol. The maximum absolute atomic E-state index is 12.9. The fraction of sp³-hybridized carbons (Fsp3) is 0.600. The van der Waals surface area contributed by atoms with Crippen LogP contribution >= 0.6 is 0 Å². The summed E-state index contributed by atoms with van der Waals surface area (Å²) in [6, 6.07) is 4.55. The van der Waals surface area contributed by atoms with E-state index in [1.807, 2.05) is 0 Å². The van der Waals surface area contributed by atoms with Gasteiger partial charge in [-0.1, -0.05) is 25.7 Å². The van der Waals surface area contributed by atoms with Crippen molar-refractivity contribution in [3.8, 4) is 11.5 Å². The number of fused-ring (bicyclic) bond motifs is 1. The summed E-state index contributed by atoms with van der Waals surface area (Å²) in [4.78, 5) is 0. The lowest BCUT2D eigenvalue weighted by molar-refractivity contribution is -0.286. The van der Waals surface area contributed by atoms with Gasteiger partial charge in [0.1, 0.15) is 0 Å². The summed E-state index contributed by atoms with van der Waals surface area (Å²) in [5.74, 6) is 0.0385. The van der Waals surface area contributed by atoms with Crippen molar-refractivity contribution < 1.29 is 23.4 Å². The Hall–Kier alpha value is -1.56. The van der Waals surface area contributed by atoms with Crippen LogP contribution in [0, 0.1) is 0 Å². The first-order chi connectivity index (χ1) is 9.96. The van der Waals surface area contributed by atoms with Crippen molar-refractivity contribution in [2.75, 3.05) is 11.9 Å². The van der Waals surface area contributed by atoms with Crippen LogP contribution in [0.4, 0.5) is 14.5 Å². The van der Waals surface area contributed by atoms with Crippen molar-refractivity contribution in [3.63, 3.8) is 0 Å². The molecule has 116 valence electrons. The van der Waals surface area contributed by atoms with Gasteiger partial charge in [0.2, 0.25) is 0 Å². The van der Waals surface area contributed by atoms with E-state index in [1.165, 1.54) is 12.1 Å². The number of alkyl halides is 2. The van der Waals surface area contributed by atoms with Crippen LogP contribution in [0.5, 0.6) is 11.5 Å². The van der Waals surface area contributed by atoms with Gasteiger partial charge in [-0.05, 0) is 25.0 Å². The number of halogens is 2. The summed E-state index contributed by atoms with van der Waals surface area (Å²) in [5.41, 5.74) is -0.0932. The van der Waals surface area contributed by atoms with Gasteiger partial charge in [-0.25, -0.2) is 0 Å². The van der Waals surface area contributed by atoms with Crippen LogP contribution in [0.1, 0.15) is 38.5 Å². The van der Waals surface area contributed by atoms with E-state index in [0.717, 1.165) is 38.5 Å². The lowest BCUT2D eigenvalue weighted by Crippen LogP contribution is -2.36. The van der Waals surface area contributed by atoms with Crippen molar-refractivity contribution in [2.24, 2.45) is 0 Å². The number of hydrogen-bond acceptors (Lipinski definition) is 4. The molecule has 0 atom stereocenters. The first-order valence-corrected chi connectivity index (χ1v) is 7.32. The molecule has 1 heterocycles. The Kier molecular flexibility index (Phi) is 3.65. The normalized spacial score (nSPS) is 22.6. The van der Waals surface area contributed by atoms with E-state index in [0.29, 0.717) is 12.2 Å². The molecule has 3 rings (SSSR count). The fourth-order valence-corrected chi connectivity index (χ4v) is 2.89. The zero-order valence-electron chi connectivity index (χ0n) is 11.7. The lowest BCUT2D eigenvalue weighted by atomic mass is 9.94. The first-order valence-electron chi connectivity index (χ1n) is 7.32. The third-order valence-corrected chi connectivity index (χ3v) is 4.06. The van der Waals surface area contributed by atoms with Gasteiger partial charge in [0, 0.05) is 18.3 Å². The third-order valence-electron chi connectivity index (χ3n) is 4.06. The number of benzene rings is 1. The van der Waals surface area contributed by atoms with E-state index in [-0.39, 0.29) is 11.5 Å². The summed E-state index contributed by atoms with van der Waals surface area (Å²) in [5, 5.41) is 13.7. The zero-order chi connectivity index (χ0) is 14.9. The molecule has 0 amide bonds. The molecule has 2 N–H and O–H groups in total. The fourth-order valence-electron chi connectivity index (χ4n) is 2.89. The van der Waals surface area contributed by atoms with Crippen LogP contribution in [-0.4, -0.2) is 23.5 Å². The van der Waals surface area contributed by atoms with Gasteiger partial charge in [0.15, 0.2) is 11.5 Å². The Morgan fingerprint density at radius 1 is 1.05 bits per heavy atom. The molecule has 21 heavy (non-hydrogen) atoms. The molecule has 1 saturated carbocycles. The summed E-state index contributed by atoms with van der Waals surface area (Å²) >= 11 is 0. The number of nitrogens with one attached hydrogen (secondary N) is 1. The maximum atomic E-state index is 12.9. The molecule has 0 aromatic heterocycles. The Morgan fingerprint density at radius 2 is 1.71 bits per heavy atom. The molecule has 0 saturated heterocycles. The van der Waals surface area contributed by atoms with E-state index in [4.69, 9.17) is 0 Å². The molecule has 0 spiro atoms. The molecule has 0 unspecified atom stereocenters. The highest BCUT2D eigenvalue weighted by molar-refractivity contribution is 5.56. The Bertz CT molecular complexity index is 514. The van der Waals surface area contributed by atoms with Crippen molar-refractivity contribution in [2.45, 2.75) is 50.4 Å². The predicted molar refractivity (Wildman–Crippen MR) is 73.8 cm³/mol. The number of ether oxygens (including phenoxy) is 2. The quantitative estimate of drug-likeness (QED) is 0.839.